The summed E-state index contributed by atoms with van der Waals surface area (Å²) in [5.74, 6) is 0.514. The molecule has 17 heavy (non-hydrogen) atoms. The number of hydrogen-bond acceptors (Lipinski definition) is 3. The van der Waals surface area contributed by atoms with Gasteiger partial charge in [0, 0.05) is 5.02 Å². The average molecular weight is 258 g/mol. The van der Waals surface area contributed by atoms with Crippen molar-refractivity contribution < 1.29 is 9.53 Å². The highest BCUT2D eigenvalue weighted by atomic mass is 35.5. The van der Waals surface area contributed by atoms with Crippen molar-refractivity contribution in [3.05, 3.63) is 28.3 Å². The minimum atomic E-state index is 0.514. The van der Waals surface area contributed by atoms with Crippen molar-refractivity contribution in [2.75, 3.05) is 27.7 Å². The van der Waals surface area contributed by atoms with Crippen molar-refractivity contribution >= 4 is 17.9 Å². The zero-order valence-electron chi connectivity index (χ0n) is 11.1. The minimum Gasteiger partial charge on any atom is -0.496 e. The molecule has 0 saturated carbocycles. The maximum Gasteiger partial charge on any atom is 0.153 e. The van der Waals surface area contributed by atoms with E-state index in [4.69, 9.17) is 16.3 Å². The highest BCUT2D eigenvalue weighted by Gasteiger charge is 2.04. The van der Waals surface area contributed by atoms with E-state index in [1.165, 1.54) is 7.11 Å². The van der Waals surface area contributed by atoms with Gasteiger partial charge in [-0.1, -0.05) is 18.5 Å². The maximum absolute atomic E-state index is 10.5. The summed E-state index contributed by atoms with van der Waals surface area (Å²) in [4.78, 5) is 12.7. The molecule has 0 N–H and O–H groups in total. The number of rotatable bonds is 3. The third-order valence-electron chi connectivity index (χ3n) is 2.27. The molecule has 3 nitrogen and oxygen atoms in total. The van der Waals surface area contributed by atoms with E-state index in [-0.39, 0.29) is 0 Å². The number of halogens is 1. The fraction of sp³-hybridized carbons (Fsp3) is 0.462. The van der Waals surface area contributed by atoms with Crippen LogP contribution in [0.4, 0.5) is 0 Å². The highest BCUT2D eigenvalue weighted by Crippen LogP contribution is 2.25. The molecule has 0 saturated heterocycles. The van der Waals surface area contributed by atoms with Gasteiger partial charge < -0.3 is 9.64 Å². The van der Waals surface area contributed by atoms with E-state index in [2.05, 4.69) is 25.9 Å². The largest absolute Gasteiger partial charge is 0.496 e. The zero-order chi connectivity index (χ0) is 13.4. The molecule has 0 spiro atoms. The Morgan fingerprint density at radius 3 is 2.29 bits per heavy atom. The highest BCUT2D eigenvalue weighted by molar-refractivity contribution is 6.31. The van der Waals surface area contributed by atoms with E-state index in [1.54, 1.807) is 12.1 Å². The van der Waals surface area contributed by atoms with Crippen LogP contribution < -0.4 is 4.74 Å². The van der Waals surface area contributed by atoms with E-state index in [0.29, 0.717) is 16.3 Å². The molecule has 1 rings (SSSR count). The van der Waals surface area contributed by atoms with Crippen LogP contribution >= 0.6 is 11.6 Å². The molecule has 0 aliphatic heterocycles. The molecule has 0 unspecified atom stereocenters. The molecule has 1 aromatic carbocycles. The Labute approximate surface area is 108 Å². The van der Waals surface area contributed by atoms with Crippen molar-refractivity contribution in [1.29, 1.82) is 0 Å². The number of aldehydes is 1. The van der Waals surface area contributed by atoms with Gasteiger partial charge in [0.2, 0.25) is 0 Å². The van der Waals surface area contributed by atoms with Crippen LogP contribution in [-0.4, -0.2) is 38.9 Å². The first-order chi connectivity index (χ1) is 7.96. The Bertz CT molecular complexity index is 365. The van der Waals surface area contributed by atoms with E-state index >= 15 is 0 Å². The lowest BCUT2D eigenvalue weighted by Gasteiger charge is -2.05. The number of aryl methyl sites for hydroxylation is 1. The molecule has 0 radical (unpaired) electrons. The van der Waals surface area contributed by atoms with Crippen molar-refractivity contribution in [2.45, 2.75) is 13.8 Å². The summed E-state index contributed by atoms with van der Waals surface area (Å²) in [5.41, 5.74) is 1.40. The first-order valence-corrected chi connectivity index (χ1v) is 5.78. The lowest BCUT2D eigenvalue weighted by atomic mass is 10.1. The third-order valence-corrected chi connectivity index (χ3v) is 2.68. The quantitative estimate of drug-likeness (QED) is 0.780. The third kappa shape index (κ3) is 5.71. The molecule has 1 aromatic rings. The van der Waals surface area contributed by atoms with Gasteiger partial charge in [-0.3, -0.25) is 4.79 Å². The molecule has 0 aliphatic carbocycles. The summed E-state index contributed by atoms with van der Waals surface area (Å²) in [6, 6.07) is 3.34. The van der Waals surface area contributed by atoms with Crippen LogP contribution in [0.3, 0.4) is 0 Å². The van der Waals surface area contributed by atoms with E-state index in [9.17, 15) is 4.79 Å². The van der Waals surface area contributed by atoms with Crippen LogP contribution in [0.1, 0.15) is 22.8 Å². The second-order valence-electron chi connectivity index (χ2n) is 3.86. The van der Waals surface area contributed by atoms with Gasteiger partial charge in [-0.05, 0) is 45.3 Å². The lowest BCUT2D eigenvalue weighted by Crippen LogP contribution is -2.08. The number of methoxy groups -OCH3 is 1. The number of carbonyl (C=O) groups excluding carboxylic acids is 1. The number of ether oxygens (including phenoxy) is 1. The van der Waals surface area contributed by atoms with Gasteiger partial charge in [0.25, 0.3) is 0 Å². The topological polar surface area (TPSA) is 29.5 Å². The van der Waals surface area contributed by atoms with Crippen molar-refractivity contribution in [1.82, 2.24) is 4.90 Å². The molecule has 0 atom stereocenters. The number of hydrogen-bond donors (Lipinski definition) is 0. The molecule has 96 valence electrons. The Hall–Kier alpha value is -1.06. The molecular formula is C13H20ClNO2. The molecule has 0 aliphatic rings. The van der Waals surface area contributed by atoms with Gasteiger partial charge in [0.05, 0.1) is 12.7 Å². The van der Waals surface area contributed by atoms with Crippen LogP contribution in [0.5, 0.6) is 5.75 Å². The van der Waals surface area contributed by atoms with Gasteiger partial charge in [0.15, 0.2) is 6.29 Å². The Balaban J connectivity index is 0.000000437. The first kappa shape index (κ1) is 15.9. The summed E-state index contributed by atoms with van der Waals surface area (Å²) in [7, 11) is 5.62. The Kier molecular flexibility index (Phi) is 7.59. The lowest BCUT2D eigenvalue weighted by molar-refractivity contribution is 0.112. The van der Waals surface area contributed by atoms with Crippen LogP contribution in [-0.2, 0) is 0 Å². The van der Waals surface area contributed by atoms with Gasteiger partial charge in [-0.2, -0.15) is 0 Å². The fourth-order valence-corrected chi connectivity index (χ4v) is 1.11. The van der Waals surface area contributed by atoms with Crippen LogP contribution in [0.2, 0.25) is 5.02 Å². The predicted octanol–water partition coefficient (Wildman–Crippen LogP) is 3.04. The van der Waals surface area contributed by atoms with Crippen molar-refractivity contribution in [3.8, 4) is 5.75 Å². The van der Waals surface area contributed by atoms with E-state index in [1.807, 2.05) is 6.92 Å². The van der Waals surface area contributed by atoms with E-state index < -0.39 is 0 Å². The van der Waals surface area contributed by atoms with Gasteiger partial charge in [-0.15, -0.1) is 0 Å². The second kappa shape index (κ2) is 8.09. The van der Waals surface area contributed by atoms with Crippen LogP contribution in [0.15, 0.2) is 12.1 Å². The van der Waals surface area contributed by atoms with Gasteiger partial charge >= 0.3 is 0 Å². The van der Waals surface area contributed by atoms with Gasteiger partial charge in [0.1, 0.15) is 5.75 Å². The maximum atomic E-state index is 10.5. The SMILES string of the molecule is CCN(C)C.COc1cc(Cl)c(C)cc1C=O. The molecular weight excluding hydrogens is 238 g/mol. The molecule has 4 heteroatoms. The molecule has 0 heterocycles. The monoisotopic (exact) mass is 257 g/mol. The summed E-state index contributed by atoms with van der Waals surface area (Å²) in [6.07, 6.45) is 0.752. The molecule has 0 bridgehead atoms. The molecule has 0 fully saturated rings. The Morgan fingerprint density at radius 2 is 1.94 bits per heavy atom. The number of carbonyl (C=O) groups is 1. The normalized spacial score (nSPS) is 9.59. The summed E-state index contributed by atoms with van der Waals surface area (Å²) in [6.45, 7) is 5.11. The second-order valence-corrected chi connectivity index (χ2v) is 4.26. The standard InChI is InChI=1S/C9H9ClO2.C4H11N/c1-6-3-7(5-11)9(12-2)4-8(6)10;1-4-5(2)3/h3-5H,1-2H3;4H2,1-3H3. The van der Waals surface area contributed by atoms with E-state index in [0.717, 1.165) is 18.4 Å². The summed E-state index contributed by atoms with van der Waals surface area (Å²) in [5, 5.41) is 0.609. The zero-order valence-corrected chi connectivity index (χ0v) is 11.8. The molecule has 0 aromatic heterocycles. The minimum absolute atomic E-state index is 0.514. The number of benzene rings is 1. The smallest absolute Gasteiger partial charge is 0.153 e. The van der Waals surface area contributed by atoms with Gasteiger partial charge in [-0.25, -0.2) is 0 Å². The molecule has 0 amide bonds. The van der Waals surface area contributed by atoms with Crippen LogP contribution in [0.25, 0.3) is 0 Å². The first-order valence-electron chi connectivity index (χ1n) is 5.40. The predicted molar refractivity (Wildman–Crippen MR) is 72.4 cm³/mol. The van der Waals surface area contributed by atoms with Crippen molar-refractivity contribution in [2.24, 2.45) is 0 Å². The van der Waals surface area contributed by atoms with Crippen molar-refractivity contribution in [3.63, 3.8) is 0 Å². The van der Waals surface area contributed by atoms with Crippen LogP contribution in [0, 0.1) is 6.92 Å². The Morgan fingerprint density at radius 1 is 1.41 bits per heavy atom. The summed E-state index contributed by atoms with van der Waals surface area (Å²) >= 11 is 5.83. The summed E-state index contributed by atoms with van der Waals surface area (Å²) < 4.78 is 4.96. The number of nitrogens with zero attached hydrogens (tertiary/aromatic N) is 1. The average Bonchev–Trinajstić information content (AvgIpc) is 2.32. The fourth-order valence-electron chi connectivity index (χ4n) is 0.954.